The van der Waals surface area contributed by atoms with Crippen LogP contribution in [0.2, 0.25) is 0 Å². The fourth-order valence-electron chi connectivity index (χ4n) is 2.73. The van der Waals surface area contributed by atoms with Gasteiger partial charge in [0.2, 0.25) is 0 Å². The van der Waals surface area contributed by atoms with Gasteiger partial charge in [0.05, 0.1) is 12.3 Å². The maximum atomic E-state index is 13.2. The van der Waals surface area contributed by atoms with Crippen molar-refractivity contribution in [1.82, 2.24) is 4.31 Å². The number of carbonyl (C=O) groups excluding carboxylic acids is 1. The number of halogens is 1. The van der Waals surface area contributed by atoms with Crippen molar-refractivity contribution in [3.63, 3.8) is 0 Å². The highest BCUT2D eigenvalue weighted by atomic mass is 32.2. The average molecular weight is 358 g/mol. The maximum absolute atomic E-state index is 13.2. The van der Waals surface area contributed by atoms with Crippen LogP contribution in [0.3, 0.4) is 0 Å². The van der Waals surface area contributed by atoms with Crippen LogP contribution in [0.4, 0.5) is 10.1 Å². The lowest BCUT2D eigenvalue weighted by molar-refractivity contribution is -0.141. The molecule has 1 aliphatic heterocycles. The van der Waals surface area contributed by atoms with Crippen LogP contribution in [0, 0.1) is 11.7 Å². The van der Waals surface area contributed by atoms with Gasteiger partial charge in [-0.3, -0.25) is 4.79 Å². The Morgan fingerprint density at radius 3 is 2.62 bits per heavy atom. The molecule has 1 atom stereocenters. The van der Waals surface area contributed by atoms with E-state index in [1.54, 1.807) is 6.92 Å². The second-order valence-corrected chi connectivity index (χ2v) is 7.75. The predicted molar refractivity (Wildman–Crippen MR) is 89.3 cm³/mol. The molecule has 2 rings (SSSR count). The Kier molecular flexibility index (Phi) is 6.17. The van der Waals surface area contributed by atoms with Crippen LogP contribution in [0.15, 0.2) is 24.3 Å². The first-order valence-electron chi connectivity index (χ1n) is 8.03. The summed E-state index contributed by atoms with van der Waals surface area (Å²) in [7, 11) is -3.89. The lowest BCUT2D eigenvalue weighted by Gasteiger charge is -2.35. The van der Waals surface area contributed by atoms with Crippen LogP contribution in [0.1, 0.15) is 26.7 Å². The topological polar surface area (TPSA) is 66.9 Å². The van der Waals surface area contributed by atoms with Gasteiger partial charge < -0.3 is 4.74 Å². The molecule has 1 heterocycles. The third kappa shape index (κ3) is 4.45. The van der Waals surface area contributed by atoms with Gasteiger partial charge in [-0.15, -0.1) is 0 Å². The summed E-state index contributed by atoms with van der Waals surface area (Å²) in [5.74, 6) is -0.861. The van der Waals surface area contributed by atoms with E-state index in [1.807, 2.05) is 6.92 Å². The van der Waals surface area contributed by atoms with E-state index in [0.29, 0.717) is 13.1 Å². The molecule has 0 N–H and O–H groups in total. The zero-order valence-electron chi connectivity index (χ0n) is 13.9. The average Bonchev–Trinajstić information content (AvgIpc) is 2.54. The Labute approximate surface area is 142 Å². The van der Waals surface area contributed by atoms with Crippen molar-refractivity contribution in [2.24, 2.45) is 5.92 Å². The lowest BCUT2D eigenvalue weighted by Crippen LogP contribution is -2.49. The molecule has 1 unspecified atom stereocenters. The van der Waals surface area contributed by atoms with Crippen LogP contribution < -0.4 is 4.31 Å². The van der Waals surface area contributed by atoms with Gasteiger partial charge in [-0.25, -0.2) is 8.70 Å². The zero-order valence-corrected chi connectivity index (χ0v) is 14.8. The van der Waals surface area contributed by atoms with Crippen molar-refractivity contribution in [3.8, 4) is 0 Å². The summed E-state index contributed by atoms with van der Waals surface area (Å²) in [5, 5.41) is 0. The van der Waals surface area contributed by atoms with E-state index in [-0.39, 0.29) is 18.2 Å². The molecular weight excluding hydrogens is 335 g/mol. The number of hydrogen-bond acceptors (Lipinski definition) is 4. The second-order valence-electron chi connectivity index (χ2n) is 5.90. The molecule has 0 aromatic heterocycles. The molecule has 1 fully saturated rings. The van der Waals surface area contributed by atoms with Gasteiger partial charge in [0, 0.05) is 13.1 Å². The molecule has 0 saturated carbocycles. The number of anilines is 1. The van der Waals surface area contributed by atoms with Crippen molar-refractivity contribution in [3.05, 3.63) is 30.1 Å². The largest absolute Gasteiger partial charge is 0.465 e. The monoisotopic (exact) mass is 358 g/mol. The number of esters is 1. The first kappa shape index (κ1) is 18.7. The number of piperidine rings is 1. The fourth-order valence-corrected chi connectivity index (χ4v) is 4.47. The lowest BCUT2D eigenvalue weighted by atomic mass is 10.0. The highest BCUT2D eigenvalue weighted by Gasteiger charge is 2.34. The Hall–Kier alpha value is -1.67. The van der Waals surface area contributed by atoms with Gasteiger partial charge in [0.15, 0.2) is 0 Å². The summed E-state index contributed by atoms with van der Waals surface area (Å²) in [6.45, 7) is 4.19. The van der Waals surface area contributed by atoms with Crippen molar-refractivity contribution in [2.45, 2.75) is 26.7 Å². The van der Waals surface area contributed by atoms with Crippen LogP contribution in [-0.2, 0) is 19.7 Å². The maximum Gasteiger partial charge on any atom is 0.326 e. The number of nitrogens with zero attached hydrogens (tertiary/aromatic N) is 2. The van der Waals surface area contributed by atoms with Gasteiger partial charge in [-0.2, -0.15) is 12.7 Å². The molecule has 1 aliphatic rings. The molecule has 0 bridgehead atoms. The summed E-state index contributed by atoms with van der Waals surface area (Å²) in [4.78, 5) is 11.9. The van der Waals surface area contributed by atoms with Gasteiger partial charge in [-0.1, -0.05) is 6.92 Å². The van der Waals surface area contributed by atoms with E-state index in [1.165, 1.54) is 28.6 Å². The number of rotatable bonds is 6. The third-order valence-corrected chi connectivity index (χ3v) is 5.80. The highest BCUT2D eigenvalue weighted by Crippen LogP contribution is 2.25. The normalized spacial score (nSPS) is 19.0. The van der Waals surface area contributed by atoms with Gasteiger partial charge in [0.1, 0.15) is 12.4 Å². The molecule has 0 aliphatic carbocycles. The minimum Gasteiger partial charge on any atom is -0.465 e. The molecule has 8 heteroatoms. The smallest absolute Gasteiger partial charge is 0.326 e. The van der Waals surface area contributed by atoms with Crippen LogP contribution in [0.25, 0.3) is 0 Å². The molecule has 6 nitrogen and oxygen atoms in total. The Balaban J connectivity index is 2.32. The van der Waals surface area contributed by atoms with E-state index in [9.17, 15) is 17.6 Å². The molecule has 1 saturated heterocycles. The van der Waals surface area contributed by atoms with Crippen molar-refractivity contribution in [1.29, 1.82) is 0 Å². The molecule has 0 radical (unpaired) electrons. The van der Waals surface area contributed by atoms with Gasteiger partial charge in [0.25, 0.3) is 0 Å². The minimum absolute atomic E-state index is 0.164. The first-order valence-corrected chi connectivity index (χ1v) is 9.43. The number of benzene rings is 1. The standard InChI is InChI=1S/C16H23FN2O4S/c1-3-23-16(20)12-19(15-8-6-14(17)7-9-15)24(21,22)18-10-4-5-13(2)11-18/h6-9,13H,3-5,10-12H2,1-2H3. The molecule has 0 amide bonds. The summed E-state index contributed by atoms with van der Waals surface area (Å²) in [6.07, 6.45) is 1.75. The van der Waals surface area contributed by atoms with Crippen molar-refractivity contribution < 1.29 is 22.3 Å². The molecular formula is C16H23FN2O4S. The minimum atomic E-state index is -3.89. The van der Waals surface area contributed by atoms with Gasteiger partial charge in [-0.05, 0) is 49.9 Å². The molecule has 24 heavy (non-hydrogen) atoms. The first-order chi connectivity index (χ1) is 11.3. The Morgan fingerprint density at radius 2 is 2.04 bits per heavy atom. The quantitative estimate of drug-likeness (QED) is 0.731. The van der Waals surface area contributed by atoms with E-state index in [4.69, 9.17) is 4.74 Å². The summed E-state index contributed by atoms with van der Waals surface area (Å²) in [5.41, 5.74) is 0.239. The Bertz CT molecular complexity index is 663. The van der Waals surface area contributed by atoms with E-state index < -0.39 is 28.5 Å². The molecule has 1 aromatic carbocycles. The van der Waals surface area contributed by atoms with Gasteiger partial charge >= 0.3 is 16.2 Å². The summed E-state index contributed by atoms with van der Waals surface area (Å²) >= 11 is 0. The second kappa shape index (κ2) is 7.94. The zero-order chi connectivity index (χ0) is 17.7. The predicted octanol–water partition coefficient (Wildman–Crippen LogP) is 2.17. The van der Waals surface area contributed by atoms with Crippen LogP contribution in [-0.4, -0.2) is 44.9 Å². The SMILES string of the molecule is CCOC(=O)CN(c1ccc(F)cc1)S(=O)(=O)N1CCCC(C)C1. The van der Waals surface area contributed by atoms with E-state index >= 15 is 0 Å². The van der Waals surface area contributed by atoms with E-state index in [0.717, 1.165) is 17.1 Å². The van der Waals surface area contributed by atoms with Crippen molar-refractivity contribution in [2.75, 3.05) is 30.5 Å². The number of hydrogen-bond donors (Lipinski definition) is 0. The summed E-state index contributed by atoms with van der Waals surface area (Å²) < 4.78 is 46.4. The van der Waals surface area contributed by atoms with Crippen molar-refractivity contribution >= 4 is 21.9 Å². The highest BCUT2D eigenvalue weighted by molar-refractivity contribution is 7.90. The summed E-state index contributed by atoms with van der Waals surface area (Å²) in [6, 6.07) is 5.03. The number of ether oxygens (including phenoxy) is 1. The third-order valence-electron chi connectivity index (χ3n) is 3.92. The molecule has 0 spiro atoms. The molecule has 1 aromatic rings. The van der Waals surface area contributed by atoms with Crippen LogP contribution in [0.5, 0.6) is 0 Å². The number of carbonyl (C=O) groups is 1. The van der Waals surface area contributed by atoms with Crippen LogP contribution >= 0.6 is 0 Å². The van der Waals surface area contributed by atoms with E-state index in [2.05, 4.69) is 0 Å². The fraction of sp³-hybridized carbons (Fsp3) is 0.562. The molecule has 134 valence electrons. The Morgan fingerprint density at radius 1 is 1.38 bits per heavy atom.